The van der Waals surface area contributed by atoms with Crippen LogP contribution in [0.1, 0.15) is 24.5 Å². The molecule has 2 aliphatic carbocycles. The van der Waals surface area contributed by atoms with Gasteiger partial charge in [-0.2, -0.15) is 0 Å². The molecule has 1 heterocycles. The van der Waals surface area contributed by atoms with Crippen LogP contribution in [0.25, 0.3) is 0 Å². The summed E-state index contributed by atoms with van der Waals surface area (Å²) in [6.45, 7) is 0. The van der Waals surface area contributed by atoms with Crippen LogP contribution in [0.3, 0.4) is 0 Å². The molecule has 0 amide bonds. The first-order valence-corrected chi connectivity index (χ1v) is 5.08. The van der Waals surface area contributed by atoms with Crippen molar-refractivity contribution in [3.05, 3.63) is 30.2 Å². The van der Waals surface area contributed by atoms with Gasteiger partial charge in [-0.05, 0) is 24.7 Å². The van der Waals surface area contributed by atoms with Gasteiger partial charge in [0.15, 0.2) is 0 Å². The van der Waals surface area contributed by atoms with Crippen molar-refractivity contribution in [3.63, 3.8) is 0 Å². The molecule has 1 aromatic heterocycles. The highest BCUT2D eigenvalue weighted by Crippen LogP contribution is 2.48. The highest BCUT2D eigenvalue weighted by molar-refractivity contribution is 5.32. The van der Waals surface area contributed by atoms with Gasteiger partial charge in [0.1, 0.15) is 12.1 Å². The lowest BCUT2D eigenvalue weighted by molar-refractivity contribution is 0.569. The van der Waals surface area contributed by atoms with Crippen molar-refractivity contribution in [2.75, 3.05) is 5.73 Å². The molecule has 0 aromatic carbocycles. The summed E-state index contributed by atoms with van der Waals surface area (Å²) < 4.78 is 0. The number of fused-ring (bicyclic) bond motifs is 2. The third kappa shape index (κ3) is 1.12. The molecular weight excluding hydrogens is 174 g/mol. The molecule has 0 radical (unpaired) electrons. The van der Waals surface area contributed by atoms with Crippen LogP contribution in [-0.2, 0) is 0 Å². The Bertz CT molecular complexity index is 386. The summed E-state index contributed by atoms with van der Waals surface area (Å²) in [4.78, 5) is 8.24. The van der Waals surface area contributed by atoms with Crippen LogP contribution in [0.2, 0.25) is 0 Å². The maximum absolute atomic E-state index is 5.66. The number of nitrogens with two attached hydrogens (primary N) is 1. The Labute approximate surface area is 83.1 Å². The largest absolute Gasteiger partial charge is 0.384 e. The summed E-state index contributed by atoms with van der Waals surface area (Å²) in [5.74, 6) is 2.63. The number of hydrogen-bond acceptors (Lipinski definition) is 3. The predicted molar refractivity (Wildman–Crippen MR) is 54.5 cm³/mol. The summed E-state index contributed by atoms with van der Waals surface area (Å²) in [6.07, 6.45) is 8.77. The van der Waals surface area contributed by atoms with Crippen molar-refractivity contribution in [3.8, 4) is 0 Å². The van der Waals surface area contributed by atoms with Gasteiger partial charge in [0.2, 0.25) is 0 Å². The molecular formula is C11H13N3. The maximum atomic E-state index is 5.66. The molecule has 0 unspecified atom stereocenters. The summed E-state index contributed by atoms with van der Waals surface area (Å²) in [6, 6.07) is 1.92. The topological polar surface area (TPSA) is 51.8 Å². The van der Waals surface area contributed by atoms with Crippen LogP contribution in [0.15, 0.2) is 24.5 Å². The SMILES string of the molecule is Nc1cc([C@@H]2C[C@H]3C=C[C@H]2C3)ncn1. The molecule has 1 fully saturated rings. The van der Waals surface area contributed by atoms with E-state index in [-0.39, 0.29) is 0 Å². The normalized spacial score (nSPS) is 33.9. The number of anilines is 1. The van der Waals surface area contributed by atoms with Gasteiger partial charge in [0.05, 0.1) is 0 Å². The van der Waals surface area contributed by atoms with E-state index in [0.717, 1.165) is 11.6 Å². The van der Waals surface area contributed by atoms with E-state index in [1.165, 1.54) is 12.8 Å². The first-order valence-electron chi connectivity index (χ1n) is 5.08. The number of nitrogens with zero attached hydrogens (tertiary/aromatic N) is 2. The van der Waals surface area contributed by atoms with Gasteiger partial charge in [0, 0.05) is 17.7 Å². The highest BCUT2D eigenvalue weighted by atomic mass is 14.9. The summed E-state index contributed by atoms with van der Waals surface area (Å²) in [7, 11) is 0. The molecule has 2 bridgehead atoms. The summed E-state index contributed by atoms with van der Waals surface area (Å²) >= 11 is 0. The van der Waals surface area contributed by atoms with Crippen molar-refractivity contribution in [2.24, 2.45) is 11.8 Å². The molecule has 72 valence electrons. The van der Waals surface area contributed by atoms with E-state index in [4.69, 9.17) is 5.73 Å². The second-order valence-electron chi connectivity index (χ2n) is 4.25. The van der Waals surface area contributed by atoms with Crippen molar-refractivity contribution < 1.29 is 0 Å². The van der Waals surface area contributed by atoms with E-state index in [0.29, 0.717) is 17.7 Å². The Hall–Kier alpha value is -1.38. The number of nitrogen functional groups attached to an aromatic ring is 1. The van der Waals surface area contributed by atoms with Crippen LogP contribution in [-0.4, -0.2) is 9.97 Å². The third-order valence-corrected chi connectivity index (χ3v) is 3.37. The lowest BCUT2D eigenvalue weighted by atomic mass is 9.90. The van der Waals surface area contributed by atoms with Gasteiger partial charge < -0.3 is 5.73 Å². The lowest BCUT2D eigenvalue weighted by Crippen LogP contribution is -2.08. The number of allylic oxidation sites excluding steroid dienone is 2. The standard InChI is InChI=1S/C11H13N3/c12-11-5-10(13-6-14-11)9-4-7-1-2-8(9)3-7/h1-2,5-9H,3-4H2,(H2,12,13,14)/t7-,8-,9+/m0/s1. The number of aromatic nitrogens is 2. The smallest absolute Gasteiger partial charge is 0.127 e. The fourth-order valence-electron chi connectivity index (χ4n) is 2.71. The molecule has 0 saturated heterocycles. The van der Waals surface area contributed by atoms with Crippen LogP contribution in [0.5, 0.6) is 0 Å². The summed E-state index contributed by atoms with van der Waals surface area (Å²) in [5, 5.41) is 0. The summed E-state index contributed by atoms with van der Waals surface area (Å²) in [5.41, 5.74) is 6.77. The minimum absolute atomic E-state index is 0.579. The van der Waals surface area contributed by atoms with E-state index in [1.807, 2.05) is 6.07 Å². The van der Waals surface area contributed by atoms with Gasteiger partial charge >= 0.3 is 0 Å². The van der Waals surface area contributed by atoms with Crippen LogP contribution in [0.4, 0.5) is 5.82 Å². The van der Waals surface area contributed by atoms with Gasteiger partial charge in [0.25, 0.3) is 0 Å². The van der Waals surface area contributed by atoms with Gasteiger partial charge in [-0.25, -0.2) is 9.97 Å². The zero-order valence-electron chi connectivity index (χ0n) is 7.93. The van der Waals surface area contributed by atoms with E-state index in [9.17, 15) is 0 Å². The van der Waals surface area contributed by atoms with E-state index < -0.39 is 0 Å². The molecule has 2 aliphatic rings. The van der Waals surface area contributed by atoms with Crippen LogP contribution >= 0.6 is 0 Å². The Morgan fingerprint density at radius 2 is 2.14 bits per heavy atom. The van der Waals surface area contributed by atoms with E-state index >= 15 is 0 Å². The Balaban J connectivity index is 1.93. The van der Waals surface area contributed by atoms with E-state index in [1.54, 1.807) is 6.33 Å². The molecule has 3 atom stereocenters. The minimum atomic E-state index is 0.579. The lowest BCUT2D eigenvalue weighted by Gasteiger charge is -2.16. The molecule has 1 aromatic rings. The van der Waals surface area contributed by atoms with Crippen molar-refractivity contribution in [1.29, 1.82) is 0 Å². The average molecular weight is 187 g/mol. The highest BCUT2D eigenvalue weighted by Gasteiger charge is 2.37. The predicted octanol–water partition coefficient (Wildman–Crippen LogP) is 1.74. The van der Waals surface area contributed by atoms with Crippen LogP contribution < -0.4 is 5.73 Å². The van der Waals surface area contributed by atoms with Crippen LogP contribution in [0, 0.1) is 11.8 Å². The van der Waals surface area contributed by atoms with Crippen molar-refractivity contribution in [1.82, 2.24) is 9.97 Å². The number of hydrogen-bond donors (Lipinski definition) is 1. The van der Waals surface area contributed by atoms with Gasteiger partial charge in [-0.1, -0.05) is 12.2 Å². The molecule has 0 aliphatic heterocycles. The Kier molecular flexibility index (Phi) is 1.60. The molecule has 3 rings (SSSR count). The fourth-order valence-corrected chi connectivity index (χ4v) is 2.71. The second kappa shape index (κ2) is 2.80. The monoisotopic (exact) mass is 187 g/mol. The Morgan fingerprint density at radius 3 is 2.79 bits per heavy atom. The number of rotatable bonds is 1. The van der Waals surface area contributed by atoms with Gasteiger partial charge in [-0.15, -0.1) is 0 Å². The molecule has 14 heavy (non-hydrogen) atoms. The van der Waals surface area contributed by atoms with E-state index in [2.05, 4.69) is 22.1 Å². The molecule has 0 spiro atoms. The fraction of sp³-hybridized carbons (Fsp3) is 0.455. The molecule has 3 nitrogen and oxygen atoms in total. The minimum Gasteiger partial charge on any atom is -0.384 e. The van der Waals surface area contributed by atoms with Crippen molar-refractivity contribution in [2.45, 2.75) is 18.8 Å². The third-order valence-electron chi connectivity index (χ3n) is 3.37. The second-order valence-corrected chi connectivity index (χ2v) is 4.25. The first kappa shape index (κ1) is 7.97. The quantitative estimate of drug-likeness (QED) is 0.681. The Morgan fingerprint density at radius 1 is 1.21 bits per heavy atom. The molecule has 1 saturated carbocycles. The zero-order chi connectivity index (χ0) is 9.54. The molecule has 2 N–H and O–H groups in total. The van der Waals surface area contributed by atoms with Crippen molar-refractivity contribution >= 4 is 5.82 Å². The average Bonchev–Trinajstić information content (AvgIpc) is 2.78. The maximum Gasteiger partial charge on any atom is 0.127 e. The van der Waals surface area contributed by atoms with Gasteiger partial charge in [-0.3, -0.25) is 0 Å². The molecule has 3 heteroatoms. The zero-order valence-corrected chi connectivity index (χ0v) is 7.93. The first-order chi connectivity index (χ1) is 6.83.